The third-order valence-electron chi connectivity index (χ3n) is 3.34. The van der Waals surface area contributed by atoms with Gasteiger partial charge in [-0.25, -0.2) is 4.79 Å². The van der Waals surface area contributed by atoms with E-state index in [1.165, 1.54) is 0 Å². The molecule has 2 aliphatic heterocycles. The van der Waals surface area contributed by atoms with Crippen molar-refractivity contribution in [1.29, 1.82) is 0 Å². The van der Waals surface area contributed by atoms with Gasteiger partial charge in [0.1, 0.15) is 5.60 Å². The van der Waals surface area contributed by atoms with Crippen molar-refractivity contribution in [2.75, 3.05) is 26.2 Å². The van der Waals surface area contributed by atoms with Crippen molar-refractivity contribution in [2.45, 2.75) is 44.9 Å². The first-order chi connectivity index (χ1) is 7.87. The Morgan fingerprint density at radius 1 is 1.29 bits per heavy atom. The van der Waals surface area contributed by atoms with E-state index in [-0.39, 0.29) is 18.2 Å². The molecule has 0 saturated carbocycles. The van der Waals surface area contributed by atoms with Crippen molar-refractivity contribution in [2.24, 2.45) is 0 Å². The molecule has 0 spiro atoms. The fourth-order valence-electron chi connectivity index (χ4n) is 2.47. The van der Waals surface area contributed by atoms with E-state index in [9.17, 15) is 9.90 Å². The predicted octanol–water partition coefficient (Wildman–Crippen LogP) is 0.672. The van der Waals surface area contributed by atoms with Gasteiger partial charge < -0.3 is 14.7 Å². The summed E-state index contributed by atoms with van der Waals surface area (Å²) in [6.45, 7) is 8.64. The van der Waals surface area contributed by atoms with Crippen molar-refractivity contribution in [1.82, 2.24) is 9.80 Å². The highest BCUT2D eigenvalue weighted by Gasteiger charge is 2.39. The molecule has 0 bridgehead atoms. The normalized spacial score (nSPS) is 30.2. The zero-order valence-electron chi connectivity index (χ0n) is 10.8. The highest BCUT2D eigenvalue weighted by atomic mass is 16.6. The molecule has 1 amide bonds. The lowest BCUT2D eigenvalue weighted by atomic mass is 10.1. The maximum absolute atomic E-state index is 11.9. The number of nitrogens with zero attached hydrogens (tertiary/aromatic N) is 2. The molecule has 0 aliphatic carbocycles. The van der Waals surface area contributed by atoms with Gasteiger partial charge in [-0.2, -0.15) is 0 Å². The summed E-state index contributed by atoms with van der Waals surface area (Å²) in [4.78, 5) is 15.9. The number of fused-ring (bicyclic) bond motifs is 1. The van der Waals surface area contributed by atoms with E-state index in [1.54, 1.807) is 4.90 Å². The monoisotopic (exact) mass is 242 g/mol. The lowest BCUT2D eigenvalue weighted by Crippen LogP contribution is -2.55. The minimum atomic E-state index is -0.456. The molecule has 0 radical (unpaired) electrons. The van der Waals surface area contributed by atoms with Gasteiger partial charge in [-0.05, 0) is 27.2 Å². The number of hydrogen-bond donors (Lipinski definition) is 1. The van der Waals surface area contributed by atoms with Crippen molar-refractivity contribution < 1.29 is 14.6 Å². The molecule has 2 rings (SSSR count). The average Bonchev–Trinajstić information content (AvgIpc) is 2.57. The highest BCUT2D eigenvalue weighted by molar-refractivity contribution is 5.68. The van der Waals surface area contributed by atoms with Gasteiger partial charge in [0.05, 0.1) is 12.1 Å². The van der Waals surface area contributed by atoms with Crippen molar-refractivity contribution in [3.63, 3.8) is 0 Å². The highest BCUT2D eigenvalue weighted by Crippen LogP contribution is 2.23. The van der Waals surface area contributed by atoms with Crippen LogP contribution in [0.1, 0.15) is 27.2 Å². The summed E-state index contributed by atoms with van der Waals surface area (Å²) in [6, 6.07) is 0.0938. The van der Waals surface area contributed by atoms with Gasteiger partial charge in [0, 0.05) is 26.2 Å². The first kappa shape index (κ1) is 12.6. The van der Waals surface area contributed by atoms with Crippen LogP contribution in [0.5, 0.6) is 0 Å². The van der Waals surface area contributed by atoms with Gasteiger partial charge in [-0.1, -0.05) is 0 Å². The SMILES string of the molecule is CC(C)(C)OC(=O)N1CCN2CCC(O)C2C1. The summed E-state index contributed by atoms with van der Waals surface area (Å²) in [5, 5.41) is 9.84. The summed E-state index contributed by atoms with van der Waals surface area (Å²) < 4.78 is 5.35. The fourth-order valence-corrected chi connectivity index (χ4v) is 2.47. The number of aliphatic hydroxyl groups is 1. The van der Waals surface area contributed by atoms with E-state index in [0.717, 1.165) is 19.5 Å². The van der Waals surface area contributed by atoms with Crippen LogP contribution in [0.15, 0.2) is 0 Å². The standard InChI is InChI=1S/C12H22N2O3/c1-12(2,3)17-11(16)14-7-6-13-5-4-10(15)9(13)8-14/h9-10,15H,4-8H2,1-3H3. The first-order valence-electron chi connectivity index (χ1n) is 6.27. The molecule has 2 fully saturated rings. The topological polar surface area (TPSA) is 53.0 Å². The molecule has 2 saturated heterocycles. The molecule has 1 N–H and O–H groups in total. The molecule has 17 heavy (non-hydrogen) atoms. The summed E-state index contributed by atoms with van der Waals surface area (Å²) >= 11 is 0. The van der Waals surface area contributed by atoms with Crippen LogP contribution in [0.25, 0.3) is 0 Å². The Morgan fingerprint density at radius 3 is 2.65 bits per heavy atom. The van der Waals surface area contributed by atoms with Crippen LogP contribution in [0.3, 0.4) is 0 Å². The van der Waals surface area contributed by atoms with Crippen LogP contribution in [-0.4, -0.2) is 64.9 Å². The molecule has 0 aromatic rings. The fraction of sp³-hybridized carbons (Fsp3) is 0.917. The molecule has 0 aromatic carbocycles. The summed E-state index contributed by atoms with van der Waals surface area (Å²) in [7, 11) is 0. The average molecular weight is 242 g/mol. The van der Waals surface area contributed by atoms with E-state index in [2.05, 4.69) is 4.90 Å². The molecule has 2 aliphatic rings. The number of piperazine rings is 1. The third-order valence-corrected chi connectivity index (χ3v) is 3.34. The molecule has 2 unspecified atom stereocenters. The molecule has 2 heterocycles. The van der Waals surface area contributed by atoms with Crippen molar-refractivity contribution in [3.05, 3.63) is 0 Å². The van der Waals surface area contributed by atoms with Crippen LogP contribution >= 0.6 is 0 Å². The Bertz CT molecular complexity index is 301. The van der Waals surface area contributed by atoms with E-state index >= 15 is 0 Å². The predicted molar refractivity (Wildman–Crippen MR) is 63.8 cm³/mol. The van der Waals surface area contributed by atoms with Crippen LogP contribution in [0, 0.1) is 0 Å². The van der Waals surface area contributed by atoms with E-state index in [1.807, 2.05) is 20.8 Å². The molecule has 0 aromatic heterocycles. The summed E-state index contributed by atoms with van der Waals surface area (Å²) in [5.74, 6) is 0. The van der Waals surface area contributed by atoms with Crippen molar-refractivity contribution >= 4 is 6.09 Å². The molecule has 5 heteroatoms. The number of ether oxygens (including phenoxy) is 1. The van der Waals surface area contributed by atoms with Gasteiger partial charge in [0.2, 0.25) is 0 Å². The maximum Gasteiger partial charge on any atom is 0.410 e. The Labute approximate surface area is 102 Å². The van der Waals surface area contributed by atoms with Crippen LogP contribution < -0.4 is 0 Å². The summed E-state index contributed by atoms with van der Waals surface area (Å²) in [6.07, 6.45) is 0.240. The van der Waals surface area contributed by atoms with Crippen LogP contribution in [0.4, 0.5) is 4.79 Å². The van der Waals surface area contributed by atoms with Crippen LogP contribution in [-0.2, 0) is 4.74 Å². The van der Waals surface area contributed by atoms with Gasteiger partial charge in [0.25, 0.3) is 0 Å². The molecule has 5 nitrogen and oxygen atoms in total. The van der Waals surface area contributed by atoms with Gasteiger partial charge >= 0.3 is 6.09 Å². The number of hydrogen-bond acceptors (Lipinski definition) is 4. The number of aliphatic hydroxyl groups excluding tert-OH is 1. The van der Waals surface area contributed by atoms with E-state index < -0.39 is 5.60 Å². The molecule has 2 atom stereocenters. The lowest BCUT2D eigenvalue weighted by molar-refractivity contribution is -0.00128. The van der Waals surface area contributed by atoms with Crippen LogP contribution in [0.2, 0.25) is 0 Å². The first-order valence-corrected chi connectivity index (χ1v) is 6.27. The molecular weight excluding hydrogens is 220 g/mol. The van der Waals surface area contributed by atoms with Gasteiger partial charge in [-0.15, -0.1) is 0 Å². The number of amides is 1. The second-order valence-electron chi connectivity index (χ2n) is 5.89. The third kappa shape index (κ3) is 2.90. The Balaban J connectivity index is 1.93. The van der Waals surface area contributed by atoms with E-state index in [4.69, 9.17) is 4.74 Å². The summed E-state index contributed by atoms with van der Waals surface area (Å²) in [5.41, 5.74) is -0.456. The van der Waals surface area contributed by atoms with Crippen molar-refractivity contribution in [3.8, 4) is 0 Å². The zero-order chi connectivity index (χ0) is 12.6. The second kappa shape index (κ2) is 4.46. The lowest BCUT2D eigenvalue weighted by Gasteiger charge is -2.38. The molecular formula is C12H22N2O3. The van der Waals surface area contributed by atoms with E-state index in [0.29, 0.717) is 13.1 Å². The number of carbonyl (C=O) groups is 1. The number of rotatable bonds is 0. The second-order valence-corrected chi connectivity index (χ2v) is 5.89. The maximum atomic E-state index is 11.9. The minimum absolute atomic E-state index is 0.0938. The Hall–Kier alpha value is -0.810. The van der Waals surface area contributed by atoms with Gasteiger partial charge in [-0.3, -0.25) is 4.90 Å². The largest absolute Gasteiger partial charge is 0.444 e. The van der Waals surface area contributed by atoms with Gasteiger partial charge in [0.15, 0.2) is 0 Å². The quantitative estimate of drug-likeness (QED) is 0.678. The smallest absolute Gasteiger partial charge is 0.410 e. The zero-order valence-corrected chi connectivity index (χ0v) is 10.8. The number of carbonyl (C=O) groups excluding carboxylic acids is 1. The Morgan fingerprint density at radius 2 is 2.00 bits per heavy atom. The minimum Gasteiger partial charge on any atom is -0.444 e. The Kier molecular flexibility index (Phi) is 3.32. The molecule has 98 valence electrons.